The van der Waals surface area contributed by atoms with Gasteiger partial charge in [-0.2, -0.15) is 0 Å². The summed E-state index contributed by atoms with van der Waals surface area (Å²) in [4.78, 5) is 2.67. The molecule has 13 rings (SSSR count). The molecule has 0 aromatic heterocycles. The second-order valence-corrected chi connectivity index (χ2v) is 21.2. The molecule has 0 amide bonds. The van der Waals surface area contributed by atoms with Gasteiger partial charge in [-0.1, -0.05) is 139 Å². The average molecular weight is 756 g/mol. The van der Waals surface area contributed by atoms with E-state index in [2.05, 4.69) is 174 Å². The summed E-state index contributed by atoms with van der Waals surface area (Å²) in [5.41, 5.74) is 21.7. The Labute approximate surface area is 346 Å². The van der Waals surface area contributed by atoms with Crippen LogP contribution in [-0.2, 0) is 21.7 Å². The fourth-order valence-electron chi connectivity index (χ4n) is 14.2. The first-order valence-corrected chi connectivity index (χ1v) is 22.5. The highest BCUT2D eigenvalue weighted by atomic mass is 15.1. The van der Waals surface area contributed by atoms with Gasteiger partial charge in [0.2, 0.25) is 0 Å². The zero-order valence-electron chi connectivity index (χ0n) is 35.3. The Balaban J connectivity index is 1.06. The largest absolute Gasteiger partial charge is 0.310 e. The number of hydrogen-bond acceptors (Lipinski definition) is 1. The van der Waals surface area contributed by atoms with Crippen LogP contribution < -0.4 is 4.90 Å². The Morgan fingerprint density at radius 1 is 0.431 bits per heavy atom. The standard InChI is InChI=1S/C57H57N/c1-54(2)26-27-55(3,4)51-33-38(20-25-49(51)54)37-18-21-41(22-19-37)58(42-23-24-45-43-12-7-9-15-47(43)56(5,6)50(45)34-42)52-17-11-14-46-44-13-8-10-16-48(44)57(53(46)52)39-29-35-28-36(31-39)32-40(57)30-35/h7-25,33-36,39-40H,26-32H2,1-6H3. The van der Waals surface area contributed by atoms with Gasteiger partial charge in [-0.3, -0.25) is 0 Å². The third kappa shape index (κ3) is 4.65. The van der Waals surface area contributed by atoms with Crippen LogP contribution in [0.4, 0.5) is 17.1 Å². The van der Waals surface area contributed by atoms with Gasteiger partial charge in [0.05, 0.1) is 5.69 Å². The number of anilines is 3. The molecule has 0 N–H and O–H groups in total. The van der Waals surface area contributed by atoms with Gasteiger partial charge in [0.25, 0.3) is 0 Å². The van der Waals surface area contributed by atoms with Crippen LogP contribution >= 0.6 is 0 Å². The van der Waals surface area contributed by atoms with E-state index in [0.717, 1.165) is 11.8 Å². The minimum atomic E-state index is -0.0796. The maximum Gasteiger partial charge on any atom is 0.0509 e. The number of fused-ring (bicyclic) bond motifs is 7. The molecular formula is C57H57N. The summed E-state index contributed by atoms with van der Waals surface area (Å²) in [6.07, 6.45) is 9.44. The third-order valence-corrected chi connectivity index (χ3v) is 16.9. The van der Waals surface area contributed by atoms with Gasteiger partial charge >= 0.3 is 0 Å². The Hall–Kier alpha value is -4.88. The second kappa shape index (κ2) is 11.9. The molecule has 290 valence electrons. The maximum absolute atomic E-state index is 2.67. The monoisotopic (exact) mass is 755 g/mol. The molecule has 0 saturated heterocycles. The lowest BCUT2D eigenvalue weighted by Crippen LogP contribution is -2.55. The normalized spacial score (nSPS) is 26.8. The molecule has 0 radical (unpaired) electrons. The molecule has 4 fully saturated rings. The van der Waals surface area contributed by atoms with Crippen molar-refractivity contribution in [3.8, 4) is 33.4 Å². The van der Waals surface area contributed by atoms with Crippen molar-refractivity contribution in [2.24, 2.45) is 23.7 Å². The summed E-state index contributed by atoms with van der Waals surface area (Å²) >= 11 is 0. The SMILES string of the molecule is CC1(C)CCC(C)(C)c2cc(-c3ccc(N(c4ccc5c(c4)C(C)(C)c4ccccc4-5)c4cccc5c4C4(c6ccccc6-5)C5CC6CC(C5)CC4C6)cc3)ccc21. The summed E-state index contributed by atoms with van der Waals surface area (Å²) in [6, 6.07) is 50.3. The first-order valence-electron chi connectivity index (χ1n) is 22.5. The number of hydrogen-bond donors (Lipinski definition) is 0. The molecule has 7 aliphatic rings. The zero-order chi connectivity index (χ0) is 39.3. The van der Waals surface area contributed by atoms with Crippen LogP contribution in [0.3, 0.4) is 0 Å². The van der Waals surface area contributed by atoms with Crippen LogP contribution in [0.15, 0.2) is 127 Å². The molecule has 0 aliphatic heterocycles. The van der Waals surface area contributed by atoms with Gasteiger partial charge in [0, 0.05) is 22.2 Å². The van der Waals surface area contributed by atoms with Crippen molar-refractivity contribution in [2.75, 3.05) is 4.90 Å². The fraction of sp³-hybridized carbons (Fsp3) is 0.368. The van der Waals surface area contributed by atoms with E-state index < -0.39 is 0 Å². The van der Waals surface area contributed by atoms with Crippen LogP contribution in [0, 0.1) is 23.7 Å². The maximum atomic E-state index is 2.67. The van der Waals surface area contributed by atoms with E-state index in [9.17, 15) is 0 Å². The first kappa shape index (κ1) is 35.1. The van der Waals surface area contributed by atoms with Crippen LogP contribution in [0.2, 0.25) is 0 Å². The molecule has 0 heterocycles. The molecular weight excluding hydrogens is 699 g/mol. The summed E-state index contributed by atoms with van der Waals surface area (Å²) in [6.45, 7) is 14.6. The Kier molecular flexibility index (Phi) is 7.18. The Morgan fingerprint density at radius 3 is 1.71 bits per heavy atom. The van der Waals surface area contributed by atoms with Crippen LogP contribution in [0.5, 0.6) is 0 Å². The minimum Gasteiger partial charge on any atom is -0.310 e. The van der Waals surface area contributed by atoms with Crippen molar-refractivity contribution >= 4 is 17.1 Å². The smallest absolute Gasteiger partial charge is 0.0509 e. The molecule has 7 aliphatic carbocycles. The molecule has 0 unspecified atom stereocenters. The summed E-state index contributed by atoms with van der Waals surface area (Å²) < 4.78 is 0. The third-order valence-electron chi connectivity index (χ3n) is 16.9. The topological polar surface area (TPSA) is 3.24 Å². The van der Waals surface area contributed by atoms with Crippen molar-refractivity contribution in [3.05, 3.63) is 161 Å². The van der Waals surface area contributed by atoms with Crippen molar-refractivity contribution in [1.82, 2.24) is 0 Å². The Bertz CT molecular complexity index is 2640. The van der Waals surface area contributed by atoms with Gasteiger partial charge in [-0.05, 0) is 177 Å². The lowest BCUT2D eigenvalue weighted by Gasteiger charge is -2.61. The molecule has 6 aromatic rings. The lowest BCUT2D eigenvalue weighted by molar-refractivity contribution is -0.0397. The fourth-order valence-corrected chi connectivity index (χ4v) is 14.2. The molecule has 1 nitrogen and oxygen atoms in total. The van der Waals surface area contributed by atoms with Crippen LogP contribution in [0.25, 0.3) is 33.4 Å². The first-order chi connectivity index (χ1) is 27.9. The van der Waals surface area contributed by atoms with E-state index in [1.54, 1.807) is 11.1 Å². The van der Waals surface area contributed by atoms with Gasteiger partial charge in [-0.25, -0.2) is 0 Å². The van der Waals surface area contributed by atoms with E-state index in [4.69, 9.17) is 0 Å². The van der Waals surface area contributed by atoms with Gasteiger partial charge in [0.15, 0.2) is 0 Å². The molecule has 1 heteroatoms. The highest BCUT2D eigenvalue weighted by Gasteiger charge is 2.62. The Morgan fingerprint density at radius 2 is 1.00 bits per heavy atom. The van der Waals surface area contributed by atoms with Crippen molar-refractivity contribution in [3.63, 3.8) is 0 Å². The van der Waals surface area contributed by atoms with Crippen LogP contribution in [0.1, 0.15) is 120 Å². The molecule has 58 heavy (non-hydrogen) atoms. The molecule has 6 aromatic carbocycles. The predicted molar refractivity (Wildman–Crippen MR) is 243 cm³/mol. The predicted octanol–water partition coefficient (Wildman–Crippen LogP) is 15.2. The number of rotatable bonds is 4. The van der Waals surface area contributed by atoms with Gasteiger partial charge in [0.1, 0.15) is 0 Å². The van der Waals surface area contributed by atoms with Crippen molar-refractivity contribution in [1.29, 1.82) is 0 Å². The van der Waals surface area contributed by atoms with Crippen molar-refractivity contribution in [2.45, 2.75) is 108 Å². The number of benzene rings is 6. The van der Waals surface area contributed by atoms with Crippen molar-refractivity contribution < 1.29 is 0 Å². The zero-order valence-corrected chi connectivity index (χ0v) is 35.3. The average Bonchev–Trinajstić information content (AvgIpc) is 3.65. The highest BCUT2D eigenvalue weighted by molar-refractivity contribution is 5.93. The summed E-state index contributed by atoms with van der Waals surface area (Å²) in [5, 5.41) is 0. The number of nitrogens with zero attached hydrogens (tertiary/aromatic N) is 1. The molecule has 4 bridgehead atoms. The van der Waals surface area contributed by atoms with E-state index in [1.165, 1.54) is 118 Å². The van der Waals surface area contributed by atoms with E-state index in [-0.39, 0.29) is 21.7 Å². The van der Waals surface area contributed by atoms with Gasteiger partial charge < -0.3 is 4.90 Å². The molecule has 0 atom stereocenters. The summed E-state index contributed by atoms with van der Waals surface area (Å²) in [5.74, 6) is 3.20. The second-order valence-electron chi connectivity index (χ2n) is 21.2. The molecule has 4 saturated carbocycles. The quantitative estimate of drug-likeness (QED) is 0.173. The molecule has 1 spiro atoms. The lowest BCUT2D eigenvalue weighted by atomic mass is 9.43. The minimum absolute atomic E-state index is 0.0596. The highest BCUT2D eigenvalue weighted by Crippen LogP contribution is 2.71. The van der Waals surface area contributed by atoms with E-state index in [1.807, 2.05) is 0 Å². The summed E-state index contributed by atoms with van der Waals surface area (Å²) in [7, 11) is 0. The van der Waals surface area contributed by atoms with Gasteiger partial charge in [-0.15, -0.1) is 0 Å². The van der Waals surface area contributed by atoms with E-state index >= 15 is 0 Å². The van der Waals surface area contributed by atoms with Crippen LogP contribution in [-0.4, -0.2) is 0 Å². The van der Waals surface area contributed by atoms with E-state index in [0.29, 0.717) is 11.8 Å².